The van der Waals surface area contributed by atoms with Crippen molar-refractivity contribution in [3.63, 3.8) is 0 Å². The van der Waals surface area contributed by atoms with Crippen LogP contribution in [0.3, 0.4) is 0 Å². The van der Waals surface area contributed by atoms with Crippen LogP contribution in [0, 0.1) is 0 Å². The van der Waals surface area contributed by atoms with Crippen LogP contribution in [-0.2, 0) is 8.93 Å². The summed E-state index contributed by atoms with van der Waals surface area (Å²) in [7, 11) is 1.68. The summed E-state index contributed by atoms with van der Waals surface area (Å²) in [5.41, 5.74) is 3.38. The number of benzene rings is 3. The molecule has 0 bridgehead atoms. The van der Waals surface area contributed by atoms with E-state index in [9.17, 15) is 5.11 Å². The van der Waals surface area contributed by atoms with Gasteiger partial charge < -0.3 is 14.0 Å². The normalized spacial score (nSPS) is 19.4. The number of hydrogen-bond acceptors (Lipinski definition) is 4. The highest BCUT2D eigenvalue weighted by Gasteiger charge is 2.40. The molecule has 30 heavy (non-hydrogen) atoms. The predicted octanol–water partition coefficient (Wildman–Crippen LogP) is 5.96. The standard InChI is InChI=1S/C26H28O3S/c1-28-23-18-16-22(17-19-23)26(20-10-4-2-5-11-20,21-12-6-3-7-13-21)30-29-25-15-9-8-14-24(25)27/h2-7,10-13,16-19,24-25,27H,8-9,14-15H2,1H3/t24-,25-/m1/s1. The molecule has 1 saturated carbocycles. The molecule has 3 aromatic rings. The molecule has 1 fully saturated rings. The summed E-state index contributed by atoms with van der Waals surface area (Å²) in [6, 6.07) is 29.1. The maximum atomic E-state index is 10.5. The van der Waals surface area contributed by atoms with E-state index < -0.39 is 10.9 Å². The number of methoxy groups -OCH3 is 1. The topological polar surface area (TPSA) is 38.7 Å². The van der Waals surface area contributed by atoms with Crippen LogP contribution in [0.4, 0.5) is 0 Å². The molecule has 0 radical (unpaired) electrons. The van der Waals surface area contributed by atoms with Crippen molar-refractivity contribution in [2.24, 2.45) is 0 Å². The molecule has 0 spiro atoms. The zero-order valence-electron chi connectivity index (χ0n) is 17.2. The van der Waals surface area contributed by atoms with Gasteiger partial charge in [0.1, 0.15) is 10.5 Å². The Kier molecular flexibility index (Phi) is 6.78. The van der Waals surface area contributed by atoms with E-state index in [0.717, 1.165) is 48.1 Å². The van der Waals surface area contributed by atoms with Gasteiger partial charge in [0.2, 0.25) is 0 Å². The van der Waals surface area contributed by atoms with Gasteiger partial charge in [0, 0.05) is 12.0 Å². The molecule has 1 aliphatic rings. The Balaban J connectivity index is 1.82. The lowest BCUT2D eigenvalue weighted by Crippen LogP contribution is -2.33. The zero-order chi connectivity index (χ0) is 20.8. The number of hydrogen-bond donors (Lipinski definition) is 1. The van der Waals surface area contributed by atoms with Crippen LogP contribution >= 0.6 is 12.0 Å². The van der Waals surface area contributed by atoms with Crippen molar-refractivity contribution in [1.82, 2.24) is 0 Å². The molecule has 4 heteroatoms. The van der Waals surface area contributed by atoms with E-state index in [1.807, 2.05) is 24.3 Å². The van der Waals surface area contributed by atoms with Crippen molar-refractivity contribution >= 4 is 12.0 Å². The van der Waals surface area contributed by atoms with Crippen molar-refractivity contribution in [3.8, 4) is 5.75 Å². The lowest BCUT2D eigenvalue weighted by Gasteiger charge is -2.37. The van der Waals surface area contributed by atoms with E-state index in [1.54, 1.807) is 7.11 Å². The molecule has 0 aliphatic heterocycles. The van der Waals surface area contributed by atoms with Gasteiger partial charge in [-0.3, -0.25) is 0 Å². The first kappa shape index (κ1) is 21.0. The molecule has 0 amide bonds. The number of aliphatic hydroxyl groups excluding tert-OH is 1. The first-order valence-electron chi connectivity index (χ1n) is 10.5. The van der Waals surface area contributed by atoms with Gasteiger partial charge in [-0.15, -0.1) is 0 Å². The molecule has 0 saturated heterocycles. The number of ether oxygens (including phenoxy) is 1. The Morgan fingerprint density at radius 3 is 1.83 bits per heavy atom. The fourth-order valence-corrected chi connectivity index (χ4v) is 5.33. The minimum Gasteiger partial charge on any atom is -0.497 e. The summed E-state index contributed by atoms with van der Waals surface area (Å²) in [6.45, 7) is 0. The highest BCUT2D eigenvalue weighted by atomic mass is 32.2. The van der Waals surface area contributed by atoms with Crippen LogP contribution in [-0.4, -0.2) is 24.4 Å². The van der Waals surface area contributed by atoms with E-state index in [4.69, 9.17) is 8.92 Å². The maximum absolute atomic E-state index is 10.5. The van der Waals surface area contributed by atoms with E-state index in [0.29, 0.717) is 0 Å². The molecule has 1 N–H and O–H groups in total. The van der Waals surface area contributed by atoms with Crippen LogP contribution in [0.15, 0.2) is 84.9 Å². The molecule has 3 aromatic carbocycles. The number of rotatable bonds is 7. The molecule has 2 atom stereocenters. The first-order valence-corrected chi connectivity index (χ1v) is 11.3. The minimum atomic E-state index is -0.564. The third-order valence-electron chi connectivity index (χ3n) is 5.82. The van der Waals surface area contributed by atoms with Crippen molar-refractivity contribution in [2.45, 2.75) is 42.6 Å². The molecule has 0 aromatic heterocycles. The molecule has 0 unspecified atom stereocenters. The fraction of sp³-hybridized carbons (Fsp3) is 0.308. The Labute approximate surface area is 183 Å². The maximum Gasteiger partial charge on any atom is 0.118 e. The number of aliphatic hydroxyl groups is 1. The highest BCUT2D eigenvalue weighted by Crippen LogP contribution is 2.50. The average Bonchev–Trinajstić information content (AvgIpc) is 2.82. The molecule has 3 nitrogen and oxygen atoms in total. The second kappa shape index (κ2) is 9.69. The van der Waals surface area contributed by atoms with E-state index in [2.05, 4.69) is 60.7 Å². The van der Waals surface area contributed by atoms with Gasteiger partial charge in [0.25, 0.3) is 0 Å². The minimum absolute atomic E-state index is 0.159. The van der Waals surface area contributed by atoms with Crippen molar-refractivity contribution in [2.75, 3.05) is 7.11 Å². The lowest BCUT2D eigenvalue weighted by molar-refractivity contribution is 0.0173. The van der Waals surface area contributed by atoms with Gasteiger partial charge in [0.05, 0.1) is 19.3 Å². The Hall–Kier alpha value is -2.27. The van der Waals surface area contributed by atoms with E-state index in [1.165, 1.54) is 12.0 Å². The van der Waals surface area contributed by atoms with Crippen LogP contribution < -0.4 is 4.74 Å². The predicted molar refractivity (Wildman–Crippen MR) is 123 cm³/mol. The summed E-state index contributed by atoms with van der Waals surface area (Å²) in [6.07, 6.45) is 3.27. The summed E-state index contributed by atoms with van der Waals surface area (Å²) in [4.78, 5) is 0. The molecule has 0 heterocycles. The third kappa shape index (κ3) is 4.27. The SMILES string of the molecule is COc1ccc(C(SO[C@@H]2CCCC[C@H]2O)(c2ccccc2)c2ccccc2)cc1. The smallest absolute Gasteiger partial charge is 0.118 e. The molecular formula is C26H28O3S. The Morgan fingerprint density at radius 2 is 1.30 bits per heavy atom. The Morgan fingerprint density at radius 1 is 0.767 bits per heavy atom. The lowest BCUT2D eigenvalue weighted by atomic mass is 9.84. The van der Waals surface area contributed by atoms with Crippen LogP contribution in [0.25, 0.3) is 0 Å². The van der Waals surface area contributed by atoms with Gasteiger partial charge in [-0.25, -0.2) is 0 Å². The third-order valence-corrected chi connectivity index (χ3v) is 7.12. The molecule has 4 rings (SSSR count). The fourth-order valence-electron chi connectivity index (χ4n) is 4.14. The summed E-state index contributed by atoms with van der Waals surface area (Å²) in [5, 5.41) is 10.5. The molecule has 156 valence electrons. The highest BCUT2D eigenvalue weighted by molar-refractivity contribution is 7.96. The second-order valence-electron chi connectivity index (χ2n) is 7.71. The van der Waals surface area contributed by atoms with Gasteiger partial charge >= 0.3 is 0 Å². The van der Waals surface area contributed by atoms with Crippen LogP contribution in [0.5, 0.6) is 5.75 Å². The summed E-state index contributed by atoms with van der Waals surface area (Å²) < 4.78 is 11.2. The van der Waals surface area contributed by atoms with Crippen LogP contribution in [0.2, 0.25) is 0 Å². The quantitative estimate of drug-likeness (QED) is 0.378. The largest absolute Gasteiger partial charge is 0.497 e. The first-order chi connectivity index (χ1) is 14.7. The summed E-state index contributed by atoms with van der Waals surface area (Å²) in [5.74, 6) is 0.822. The Bertz CT molecular complexity index is 873. The summed E-state index contributed by atoms with van der Waals surface area (Å²) >= 11 is 1.45. The molecular weight excluding hydrogens is 392 g/mol. The monoisotopic (exact) mass is 420 g/mol. The van der Waals surface area contributed by atoms with Crippen LogP contribution in [0.1, 0.15) is 42.4 Å². The van der Waals surface area contributed by atoms with E-state index >= 15 is 0 Å². The molecule has 1 aliphatic carbocycles. The van der Waals surface area contributed by atoms with Crippen molar-refractivity contribution < 1.29 is 14.0 Å². The van der Waals surface area contributed by atoms with Gasteiger partial charge in [-0.05, 0) is 41.7 Å². The van der Waals surface area contributed by atoms with Crippen molar-refractivity contribution in [3.05, 3.63) is 102 Å². The van der Waals surface area contributed by atoms with Gasteiger partial charge in [-0.1, -0.05) is 85.6 Å². The zero-order valence-corrected chi connectivity index (χ0v) is 18.1. The second-order valence-corrected chi connectivity index (χ2v) is 8.68. The van der Waals surface area contributed by atoms with Gasteiger partial charge in [0.15, 0.2) is 0 Å². The van der Waals surface area contributed by atoms with Gasteiger partial charge in [-0.2, -0.15) is 0 Å². The van der Waals surface area contributed by atoms with E-state index in [-0.39, 0.29) is 6.10 Å². The van der Waals surface area contributed by atoms with Crippen molar-refractivity contribution in [1.29, 1.82) is 0 Å². The average molecular weight is 421 g/mol.